The number of aliphatic hydroxyl groups is 1. The molecule has 1 N–H and O–H groups in total. The fraction of sp³-hybridized carbons (Fsp3) is 0.357. The number of nitrogens with zero attached hydrogens (tertiary/aromatic N) is 2. The number of hydrogen-bond donors (Lipinski definition) is 1. The first-order valence-electron chi connectivity index (χ1n) is 6.14. The number of aromatic nitrogens is 2. The van der Waals surface area contributed by atoms with Gasteiger partial charge in [0.25, 0.3) is 0 Å². The van der Waals surface area contributed by atoms with Crippen LogP contribution in [-0.4, -0.2) is 14.7 Å². The predicted octanol–water partition coefficient (Wildman–Crippen LogP) is 2.71. The van der Waals surface area contributed by atoms with Gasteiger partial charge in [0.1, 0.15) is 5.82 Å². The molecule has 18 heavy (non-hydrogen) atoms. The SMILES string of the molecule is CCCn1cncc1C(O)Cc1ccccc1F. The number of imidazole rings is 1. The van der Waals surface area contributed by atoms with Crippen LogP contribution in [0.15, 0.2) is 36.8 Å². The molecule has 0 radical (unpaired) electrons. The Hall–Kier alpha value is -1.68. The Balaban J connectivity index is 2.14. The normalized spacial score (nSPS) is 12.6. The summed E-state index contributed by atoms with van der Waals surface area (Å²) >= 11 is 0. The van der Waals surface area contributed by atoms with E-state index >= 15 is 0 Å². The van der Waals surface area contributed by atoms with E-state index in [4.69, 9.17) is 0 Å². The number of rotatable bonds is 5. The lowest BCUT2D eigenvalue weighted by Crippen LogP contribution is -2.10. The van der Waals surface area contributed by atoms with Crippen LogP contribution in [0.5, 0.6) is 0 Å². The van der Waals surface area contributed by atoms with E-state index in [-0.39, 0.29) is 12.2 Å². The fourth-order valence-corrected chi connectivity index (χ4v) is 2.01. The molecule has 4 heteroatoms. The molecule has 1 unspecified atom stereocenters. The number of benzene rings is 1. The Morgan fingerprint density at radius 3 is 2.89 bits per heavy atom. The van der Waals surface area contributed by atoms with Crippen LogP contribution in [0.25, 0.3) is 0 Å². The highest BCUT2D eigenvalue weighted by atomic mass is 19.1. The Morgan fingerprint density at radius 1 is 1.39 bits per heavy atom. The Morgan fingerprint density at radius 2 is 2.17 bits per heavy atom. The molecule has 2 aromatic rings. The number of aryl methyl sites for hydroxylation is 1. The first-order chi connectivity index (χ1) is 8.72. The van der Waals surface area contributed by atoms with Gasteiger partial charge in [0.2, 0.25) is 0 Å². The van der Waals surface area contributed by atoms with Crippen LogP contribution in [0.4, 0.5) is 4.39 Å². The molecule has 0 fully saturated rings. The van der Waals surface area contributed by atoms with Gasteiger partial charge in [-0.15, -0.1) is 0 Å². The zero-order valence-electron chi connectivity index (χ0n) is 10.4. The molecule has 0 saturated carbocycles. The summed E-state index contributed by atoms with van der Waals surface area (Å²) in [5.74, 6) is -0.280. The minimum Gasteiger partial charge on any atom is -0.386 e. The molecular formula is C14H17FN2O. The van der Waals surface area contributed by atoms with E-state index in [2.05, 4.69) is 11.9 Å². The van der Waals surface area contributed by atoms with Crippen LogP contribution in [0.3, 0.4) is 0 Å². The second-order valence-corrected chi connectivity index (χ2v) is 4.32. The van der Waals surface area contributed by atoms with Gasteiger partial charge in [0.15, 0.2) is 0 Å². The first-order valence-corrected chi connectivity index (χ1v) is 6.14. The summed E-state index contributed by atoms with van der Waals surface area (Å²) in [6.07, 6.45) is 3.85. The van der Waals surface area contributed by atoms with E-state index in [1.165, 1.54) is 6.07 Å². The third kappa shape index (κ3) is 2.76. The number of halogens is 1. The average molecular weight is 248 g/mol. The van der Waals surface area contributed by atoms with Gasteiger partial charge in [-0.1, -0.05) is 25.1 Å². The van der Waals surface area contributed by atoms with Gasteiger partial charge in [-0.25, -0.2) is 9.37 Å². The first kappa shape index (κ1) is 12.8. The van der Waals surface area contributed by atoms with Crippen LogP contribution >= 0.6 is 0 Å². The van der Waals surface area contributed by atoms with Gasteiger partial charge < -0.3 is 9.67 Å². The molecule has 0 aliphatic rings. The Bertz CT molecular complexity index is 510. The van der Waals surface area contributed by atoms with Gasteiger partial charge in [0, 0.05) is 13.0 Å². The van der Waals surface area contributed by atoms with Crippen molar-refractivity contribution in [1.29, 1.82) is 0 Å². The van der Waals surface area contributed by atoms with Crippen molar-refractivity contribution in [3.05, 3.63) is 53.9 Å². The lowest BCUT2D eigenvalue weighted by atomic mass is 10.1. The summed E-state index contributed by atoms with van der Waals surface area (Å²) in [5.41, 5.74) is 1.26. The van der Waals surface area contributed by atoms with Crippen LogP contribution in [0.1, 0.15) is 30.7 Å². The van der Waals surface area contributed by atoms with E-state index in [1.54, 1.807) is 30.7 Å². The predicted molar refractivity (Wildman–Crippen MR) is 67.6 cm³/mol. The van der Waals surface area contributed by atoms with E-state index in [0.29, 0.717) is 5.56 Å². The highest BCUT2D eigenvalue weighted by Crippen LogP contribution is 2.20. The zero-order valence-corrected chi connectivity index (χ0v) is 10.4. The van der Waals surface area contributed by atoms with Crippen molar-refractivity contribution in [2.75, 3.05) is 0 Å². The monoisotopic (exact) mass is 248 g/mol. The summed E-state index contributed by atoms with van der Waals surface area (Å²) in [5, 5.41) is 10.2. The molecule has 1 aromatic heterocycles. The molecule has 1 atom stereocenters. The van der Waals surface area contributed by atoms with Crippen LogP contribution in [-0.2, 0) is 13.0 Å². The summed E-state index contributed by atoms with van der Waals surface area (Å²) in [7, 11) is 0. The van der Waals surface area contributed by atoms with Crippen LogP contribution in [0.2, 0.25) is 0 Å². The zero-order chi connectivity index (χ0) is 13.0. The Labute approximate surface area is 106 Å². The molecular weight excluding hydrogens is 231 g/mol. The molecule has 0 spiro atoms. The second kappa shape index (κ2) is 5.78. The van der Waals surface area contributed by atoms with E-state index in [0.717, 1.165) is 18.7 Å². The summed E-state index contributed by atoms with van der Waals surface area (Å²) in [4.78, 5) is 4.04. The highest BCUT2D eigenvalue weighted by Gasteiger charge is 2.15. The molecule has 0 saturated heterocycles. The molecule has 0 aliphatic heterocycles. The third-order valence-electron chi connectivity index (χ3n) is 2.92. The maximum absolute atomic E-state index is 13.5. The quantitative estimate of drug-likeness (QED) is 0.883. The van der Waals surface area contributed by atoms with Gasteiger partial charge in [0.05, 0.1) is 24.3 Å². The Kier molecular flexibility index (Phi) is 4.10. The van der Waals surface area contributed by atoms with Gasteiger partial charge in [-0.2, -0.15) is 0 Å². The molecule has 3 nitrogen and oxygen atoms in total. The maximum atomic E-state index is 13.5. The van der Waals surface area contributed by atoms with Crippen LogP contribution in [0, 0.1) is 5.82 Å². The topological polar surface area (TPSA) is 38.0 Å². The van der Waals surface area contributed by atoms with Crippen LogP contribution < -0.4 is 0 Å². The van der Waals surface area contributed by atoms with Gasteiger partial charge in [-0.05, 0) is 18.1 Å². The van der Waals surface area contributed by atoms with Gasteiger partial charge >= 0.3 is 0 Å². The lowest BCUT2D eigenvalue weighted by molar-refractivity contribution is 0.167. The van der Waals surface area contributed by atoms with Gasteiger partial charge in [-0.3, -0.25) is 0 Å². The maximum Gasteiger partial charge on any atom is 0.126 e. The van der Waals surface area contributed by atoms with Crippen molar-refractivity contribution in [3.8, 4) is 0 Å². The largest absolute Gasteiger partial charge is 0.386 e. The fourth-order valence-electron chi connectivity index (χ4n) is 2.01. The van der Waals surface area contributed by atoms with Crippen molar-refractivity contribution in [2.45, 2.75) is 32.4 Å². The molecule has 96 valence electrons. The summed E-state index contributed by atoms with van der Waals surface area (Å²) < 4.78 is 15.4. The van der Waals surface area contributed by atoms with Crippen molar-refractivity contribution in [3.63, 3.8) is 0 Å². The molecule has 1 aromatic carbocycles. The average Bonchev–Trinajstić information content (AvgIpc) is 2.81. The lowest BCUT2D eigenvalue weighted by Gasteiger charge is -2.13. The summed E-state index contributed by atoms with van der Waals surface area (Å²) in [6.45, 7) is 2.87. The molecule has 0 aliphatic carbocycles. The molecule has 0 bridgehead atoms. The van der Waals surface area contributed by atoms with Crippen molar-refractivity contribution < 1.29 is 9.50 Å². The van der Waals surface area contributed by atoms with E-state index in [1.807, 2.05) is 4.57 Å². The standard InChI is InChI=1S/C14H17FN2O/c1-2-7-17-10-16-9-13(17)14(18)8-11-5-3-4-6-12(11)15/h3-6,9-10,14,18H,2,7-8H2,1H3. The second-order valence-electron chi connectivity index (χ2n) is 4.32. The molecule has 1 heterocycles. The van der Waals surface area contributed by atoms with Crippen molar-refractivity contribution >= 4 is 0 Å². The molecule has 2 rings (SSSR count). The minimum atomic E-state index is -0.726. The molecule has 0 amide bonds. The smallest absolute Gasteiger partial charge is 0.126 e. The van der Waals surface area contributed by atoms with E-state index in [9.17, 15) is 9.50 Å². The summed E-state index contributed by atoms with van der Waals surface area (Å²) in [6, 6.07) is 6.52. The third-order valence-corrected chi connectivity index (χ3v) is 2.92. The highest BCUT2D eigenvalue weighted by molar-refractivity contribution is 5.20. The number of hydrogen-bond acceptors (Lipinski definition) is 2. The van der Waals surface area contributed by atoms with Crippen molar-refractivity contribution in [2.24, 2.45) is 0 Å². The van der Waals surface area contributed by atoms with E-state index < -0.39 is 6.10 Å². The number of aliphatic hydroxyl groups excluding tert-OH is 1. The van der Waals surface area contributed by atoms with Crippen molar-refractivity contribution in [1.82, 2.24) is 9.55 Å². The minimum absolute atomic E-state index is 0.266.